The minimum absolute atomic E-state index is 0.380. The van der Waals surface area contributed by atoms with Crippen LogP contribution in [-0.2, 0) is 41.7 Å². The number of ether oxygens (including phenoxy) is 6. The topological polar surface area (TPSA) is 145 Å². The van der Waals surface area contributed by atoms with Gasteiger partial charge in [-0.25, -0.2) is 9.78 Å². The number of amides is 1. The van der Waals surface area contributed by atoms with Crippen LogP contribution in [0.25, 0.3) is 22.3 Å². The Bertz CT molecular complexity index is 1350. The van der Waals surface area contributed by atoms with E-state index in [9.17, 15) is 4.79 Å². The summed E-state index contributed by atoms with van der Waals surface area (Å²) in [4.78, 5) is 21.3. The molecule has 0 unspecified atom stereocenters. The van der Waals surface area contributed by atoms with Crippen molar-refractivity contribution in [3.05, 3.63) is 24.7 Å². The first-order valence-corrected chi connectivity index (χ1v) is 20.6. The molecule has 270 valence electrons. The van der Waals surface area contributed by atoms with Gasteiger partial charge in [-0.15, -0.1) is 0 Å². The molecule has 3 aromatic rings. The van der Waals surface area contributed by atoms with Crippen LogP contribution in [0.3, 0.4) is 0 Å². The third-order valence-corrected chi connectivity index (χ3v) is 8.47. The maximum Gasteiger partial charge on any atom is 0.407 e. The van der Waals surface area contributed by atoms with Gasteiger partial charge in [0.25, 0.3) is 0 Å². The summed E-state index contributed by atoms with van der Waals surface area (Å²) in [5, 5.41) is 11.4. The van der Waals surface area contributed by atoms with Crippen molar-refractivity contribution < 1.29 is 33.2 Å². The Morgan fingerprint density at radius 2 is 1.52 bits per heavy atom. The Morgan fingerprint density at radius 1 is 0.875 bits per heavy atom. The second kappa shape index (κ2) is 20.4. The fourth-order valence-electron chi connectivity index (χ4n) is 4.38. The van der Waals surface area contributed by atoms with Crippen molar-refractivity contribution in [2.24, 2.45) is 0 Å². The number of carbonyl (C=O) groups excluding carboxylic acids is 1. The smallest absolute Gasteiger partial charge is 0.407 e. The molecular weight excluding hydrogens is 634 g/mol. The first-order chi connectivity index (χ1) is 22.9. The standard InChI is InChI=1S/C33H57N7O7Si/c1-8-12-40-25-27(24-36-40)29-28-9-13-39(26-46-22-23-48(5,6)7)30(28)38-31(37-29)34-10-14-42-16-18-44-20-21-45-19-17-43-15-11-35-32(41)47-33(2,3)4/h9,13,24-25H,8,10-12,14-23,26H2,1-7H3,(H,35,41)(H,34,37,38). The number of aromatic nitrogens is 5. The van der Waals surface area contributed by atoms with Gasteiger partial charge in [0.1, 0.15) is 18.0 Å². The van der Waals surface area contributed by atoms with Crippen LogP contribution in [0.15, 0.2) is 24.7 Å². The fraction of sp³-hybridized carbons (Fsp3) is 0.697. The summed E-state index contributed by atoms with van der Waals surface area (Å²) in [6, 6.07) is 3.16. The summed E-state index contributed by atoms with van der Waals surface area (Å²) in [6.45, 7) is 21.2. The van der Waals surface area contributed by atoms with Gasteiger partial charge >= 0.3 is 6.09 Å². The van der Waals surface area contributed by atoms with Crippen LogP contribution in [0.5, 0.6) is 0 Å². The average molecular weight is 692 g/mol. The van der Waals surface area contributed by atoms with Gasteiger partial charge in [0.15, 0.2) is 0 Å². The maximum atomic E-state index is 11.6. The van der Waals surface area contributed by atoms with Crippen molar-refractivity contribution in [2.45, 2.75) is 78.7 Å². The third kappa shape index (κ3) is 15.4. The first-order valence-electron chi connectivity index (χ1n) is 16.9. The number of nitrogens with one attached hydrogen (secondary N) is 2. The quantitative estimate of drug-likeness (QED) is 0.0965. The van der Waals surface area contributed by atoms with E-state index >= 15 is 0 Å². The van der Waals surface area contributed by atoms with E-state index in [1.807, 2.05) is 54.7 Å². The van der Waals surface area contributed by atoms with E-state index in [-0.39, 0.29) is 0 Å². The number of hydrogen-bond donors (Lipinski definition) is 2. The predicted octanol–water partition coefficient (Wildman–Crippen LogP) is 5.02. The van der Waals surface area contributed by atoms with Gasteiger partial charge in [-0.2, -0.15) is 10.1 Å². The molecule has 0 aliphatic heterocycles. The molecule has 0 saturated heterocycles. The Kier molecular flexibility index (Phi) is 16.8. The minimum Gasteiger partial charge on any atom is -0.444 e. The lowest BCUT2D eigenvalue weighted by atomic mass is 10.2. The zero-order valence-electron chi connectivity index (χ0n) is 30.0. The van der Waals surface area contributed by atoms with Gasteiger partial charge in [0, 0.05) is 57.7 Å². The van der Waals surface area contributed by atoms with E-state index in [2.05, 4.69) is 42.3 Å². The molecule has 3 aromatic heterocycles. The van der Waals surface area contributed by atoms with Crippen molar-refractivity contribution in [2.75, 3.05) is 77.9 Å². The van der Waals surface area contributed by atoms with Crippen LogP contribution in [0.4, 0.5) is 10.7 Å². The molecule has 2 N–H and O–H groups in total. The fourth-order valence-corrected chi connectivity index (χ4v) is 5.14. The van der Waals surface area contributed by atoms with Gasteiger partial charge < -0.3 is 43.6 Å². The van der Waals surface area contributed by atoms with Gasteiger partial charge in [-0.3, -0.25) is 4.68 Å². The van der Waals surface area contributed by atoms with E-state index in [0.29, 0.717) is 78.6 Å². The summed E-state index contributed by atoms with van der Waals surface area (Å²) < 4.78 is 37.4. The summed E-state index contributed by atoms with van der Waals surface area (Å²) >= 11 is 0. The Morgan fingerprint density at radius 3 is 2.15 bits per heavy atom. The lowest BCUT2D eigenvalue weighted by Gasteiger charge is -2.19. The monoisotopic (exact) mass is 691 g/mol. The highest BCUT2D eigenvalue weighted by Gasteiger charge is 2.17. The molecule has 0 aliphatic rings. The second-order valence-electron chi connectivity index (χ2n) is 13.6. The van der Waals surface area contributed by atoms with Crippen molar-refractivity contribution in [1.82, 2.24) is 29.6 Å². The number of hydrogen-bond acceptors (Lipinski definition) is 11. The molecular formula is C33H57N7O7Si. The molecule has 0 atom stereocenters. The number of rotatable bonds is 24. The van der Waals surface area contributed by atoms with E-state index in [0.717, 1.165) is 47.9 Å². The van der Waals surface area contributed by atoms with Gasteiger partial charge in [0.05, 0.1) is 64.7 Å². The van der Waals surface area contributed by atoms with Gasteiger partial charge in [-0.05, 0) is 39.3 Å². The zero-order chi connectivity index (χ0) is 34.8. The minimum atomic E-state index is -1.17. The van der Waals surface area contributed by atoms with Crippen LogP contribution in [0, 0.1) is 0 Å². The number of anilines is 1. The second-order valence-corrected chi connectivity index (χ2v) is 19.2. The summed E-state index contributed by atoms with van der Waals surface area (Å²) in [5.74, 6) is 0.531. The van der Waals surface area contributed by atoms with Crippen molar-refractivity contribution in [3.63, 3.8) is 0 Å². The van der Waals surface area contributed by atoms with E-state index < -0.39 is 19.8 Å². The average Bonchev–Trinajstić information content (AvgIpc) is 3.65. The number of fused-ring (bicyclic) bond motifs is 1. The van der Waals surface area contributed by atoms with Crippen LogP contribution in [0.2, 0.25) is 25.7 Å². The Balaban J connectivity index is 1.33. The molecule has 0 aromatic carbocycles. The van der Waals surface area contributed by atoms with Crippen LogP contribution >= 0.6 is 0 Å². The molecule has 0 radical (unpaired) electrons. The van der Waals surface area contributed by atoms with Gasteiger partial charge in [0.2, 0.25) is 5.95 Å². The summed E-state index contributed by atoms with van der Waals surface area (Å²) in [6.07, 6.45) is 6.46. The Labute approximate surface area is 286 Å². The molecule has 15 heteroatoms. The van der Waals surface area contributed by atoms with Crippen LogP contribution in [-0.4, -0.2) is 117 Å². The molecule has 48 heavy (non-hydrogen) atoms. The SMILES string of the molecule is CCCn1cc(-c2nc(NCCOCCOCCOCCOCCNC(=O)OC(C)(C)C)nc3c2ccn3COCC[Si](C)(C)C)cn1. The number of alkyl carbamates (subject to hydrolysis) is 1. The normalized spacial score (nSPS) is 12.1. The zero-order valence-corrected chi connectivity index (χ0v) is 31.0. The molecule has 0 spiro atoms. The molecule has 0 aliphatic carbocycles. The molecule has 0 fully saturated rings. The highest BCUT2D eigenvalue weighted by molar-refractivity contribution is 6.76. The molecule has 1 amide bonds. The van der Waals surface area contributed by atoms with Crippen LogP contribution in [0.1, 0.15) is 34.1 Å². The third-order valence-electron chi connectivity index (χ3n) is 6.77. The van der Waals surface area contributed by atoms with Gasteiger partial charge in [-0.1, -0.05) is 26.6 Å². The van der Waals surface area contributed by atoms with E-state index in [1.165, 1.54) is 0 Å². The molecule has 3 rings (SSSR count). The lowest BCUT2D eigenvalue weighted by Crippen LogP contribution is -2.34. The number of nitrogens with zero attached hydrogens (tertiary/aromatic N) is 5. The molecule has 0 bridgehead atoms. The highest BCUT2D eigenvalue weighted by Crippen LogP contribution is 2.28. The number of carbonyl (C=O) groups is 1. The predicted molar refractivity (Wildman–Crippen MR) is 189 cm³/mol. The lowest BCUT2D eigenvalue weighted by molar-refractivity contribution is -0.000801. The molecule has 14 nitrogen and oxygen atoms in total. The summed E-state index contributed by atoms with van der Waals surface area (Å²) in [7, 11) is -1.17. The van der Waals surface area contributed by atoms with E-state index in [4.69, 9.17) is 38.4 Å². The Hall–Kier alpha value is -3.08. The van der Waals surface area contributed by atoms with E-state index in [1.54, 1.807) is 0 Å². The van der Waals surface area contributed by atoms with Crippen molar-refractivity contribution in [3.8, 4) is 11.3 Å². The van der Waals surface area contributed by atoms with Crippen molar-refractivity contribution >= 4 is 31.1 Å². The maximum absolute atomic E-state index is 11.6. The summed E-state index contributed by atoms with van der Waals surface area (Å²) in [5.41, 5.74) is 2.09. The highest BCUT2D eigenvalue weighted by atomic mass is 28.3. The molecule has 3 heterocycles. The van der Waals surface area contributed by atoms with Crippen LogP contribution < -0.4 is 10.6 Å². The van der Waals surface area contributed by atoms with Crippen molar-refractivity contribution in [1.29, 1.82) is 0 Å². The largest absolute Gasteiger partial charge is 0.444 e. The first kappa shape index (κ1) is 39.4. The molecule has 0 saturated carbocycles. The number of aryl methyl sites for hydroxylation is 1.